The number of fused-ring (bicyclic) bond motifs is 1. The molecule has 3 rings (SSSR count). The fourth-order valence-electron chi connectivity index (χ4n) is 1.79. The molecule has 0 aliphatic heterocycles. The number of nitriles is 1. The Hall–Kier alpha value is -2.26. The van der Waals surface area contributed by atoms with Crippen LogP contribution in [0.2, 0.25) is 0 Å². The molecule has 19 heavy (non-hydrogen) atoms. The van der Waals surface area contributed by atoms with E-state index in [9.17, 15) is 0 Å². The molecule has 94 valence electrons. The topological polar surface area (TPSA) is 78.5 Å². The molecule has 2 aromatic heterocycles. The van der Waals surface area contributed by atoms with Crippen LogP contribution in [0.4, 0.5) is 0 Å². The number of nitrogens with one attached hydrogen (secondary N) is 1. The number of H-pyrrole nitrogens is 1. The van der Waals surface area contributed by atoms with Gasteiger partial charge in [-0.05, 0) is 24.8 Å². The van der Waals surface area contributed by atoms with Crippen LogP contribution >= 0.6 is 11.8 Å². The van der Waals surface area contributed by atoms with Gasteiger partial charge in [-0.3, -0.25) is 0 Å². The van der Waals surface area contributed by atoms with Gasteiger partial charge in [-0.25, -0.2) is 0 Å². The van der Waals surface area contributed by atoms with E-state index in [1.54, 1.807) is 6.92 Å². The molecule has 5 nitrogen and oxygen atoms in total. The first-order chi connectivity index (χ1) is 9.28. The summed E-state index contributed by atoms with van der Waals surface area (Å²) in [5, 5.41) is 18.0. The summed E-state index contributed by atoms with van der Waals surface area (Å²) in [6.45, 7) is 1.79. The van der Waals surface area contributed by atoms with Crippen LogP contribution in [0.5, 0.6) is 0 Å². The van der Waals surface area contributed by atoms with Gasteiger partial charge in [0, 0.05) is 17.1 Å². The first kappa shape index (κ1) is 11.8. The highest BCUT2D eigenvalue weighted by Gasteiger charge is 2.14. The Labute approximate surface area is 113 Å². The van der Waals surface area contributed by atoms with Gasteiger partial charge in [0.05, 0.1) is 16.9 Å². The van der Waals surface area contributed by atoms with Crippen molar-refractivity contribution in [3.05, 3.63) is 30.5 Å². The molecule has 1 N–H and O–H groups in total. The van der Waals surface area contributed by atoms with Crippen LogP contribution in [0.3, 0.4) is 0 Å². The Bertz CT molecular complexity index is 755. The minimum atomic E-state index is -0.212. The zero-order valence-corrected chi connectivity index (χ0v) is 10.9. The number of aromatic nitrogens is 3. The Morgan fingerprint density at radius 3 is 3.05 bits per heavy atom. The van der Waals surface area contributed by atoms with Crippen molar-refractivity contribution in [2.24, 2.45) is 0 Å². The van der Waals surface area contributed by atoms with Crippen LogP contribution in [0.25, 0.3) is 22.4 Å². The van der Waals surface area contributed by atoms with Crippen molar-refractivity contribution < 1.29 is 4.42 Å². The standard InChI is InChI=1S/C13H10N4OS/c1-8(6-14)19-13-17-16-12(18-13)10-7-15-11-5-3-2-4-9(10)11/h2-5,7-8,15H,1H3. The first-order valence-electron chi connectivity index (χ1n) is 5.74. The van der Waals surface area contributed by atoms with Gasteiger partial charge >= 0.3 is 0 Å². The van der Waals surface area contributed by atoms with Gasteiger partial charge in [0.2, 0.25) is 0 Å². The number of nitrogens with zero attached hydrogens (tertiary/aromatic N) is 3. The van der Waals surface area contributed by atoms with Crippen molar-refractivity contribution in [2.75, 3.05) is 0 Å². The molecule has 0 fully saturated rings. The summed E-state index contributed by atoms with van der Waals surface area (Å²) in [6.07, 6.45) is 1.85. The van der Waals surface area contributed by atoms with Gasteiger partial charge in [0.25, 0.3) is 11.1 Å². The Kier molecular flexibility index (Phi) is 2.97. The van der Waals surface area contributed by atoms with Crippen LogP contribution < -0.4 is 0 Å². The lowest BCUT2D eigenvalue weighted by atomic mass is 10.2. The number of para-hydroxylation sites is 1. The van der Waals surface area contributed by atoms with Gasteiger partial charge in [-0.15, -0.1) is 10.2 Å². The molecule has 0 aliphatic carbocycles. The molecule has 0 saturated carbocycles. The van der Waals surface area contributed by atoms with E-state index in [0.29, 0.717) is 11.1 Å². The van der Waals surface area contributed by atoms with E-state index >= 15 is 0 Å². The molecule has 1 atom stereocenters. The van der Waals surface area contributed by atoms with E-state index in [0.717, 1.165) is 16.5 Å². The SMILES string of the molecule is CC(C#N)Sc1nnc(-c2c[nH]c3ccccc23)o1. The molecule has 0 aliphatic rings. The van der Waals surface area contributed by atoms with Crippen molar-refractivity contribution >= 4 is 22.7 Å². The van der Waals surface area contributed by atoms with E-state index in [-0.39, 0.29) is 5.25 Å². The monoisotopic (exact) mass is 270 g/mol. The number of thioether (sulfide) groups is 1. The maximum Gasteiger partial charge on any atom is 0.278 e. The molecule has 1 aromatic carbocycles. The van der Waals surface area contributed by atoms with Crippen molar-refractivity contribution in [3.8, 4) is 17.5 Å². The van der Waals surface area contributed by atoms with Gasteiger partial charge in [0.1, 0.15) is 0 Å². The molecule has 0 saturated heterocycles. The van der Waals surface area contributed by atoms with Crippen LogP contribution in [0, 0.1) is 11.3 Å². The summed E-state index contributed by atoms with van der Waals surface area (Å²) < 4.78 is 5.58. The highest BCUT2D eigenvalue weighted by Crippen LogP contribution is 2.30. The number of benzene rings is 1. The summed E-state index contributed by atoms with van der Waals surface area (Å²) >= 11 is 1.26. The van der Waals surface area contributed by atoms with E-state index in [4.69, 9.17) is 9.68 Å². The van der Waals surface area contributed by atoms with Gasteiger partial charge in [-0.2, -0.15) is 5.26 Å². The maximum absolute atomic E-state index is 8.76. The maximum atomic E-state index is 8.76. The highest BCUT2D eigenvalue weighted by atomic mass is 32.2. The molecule has 1 unspecified atom stereocenters. The minimum Gasteiger partial charge on any atom is -0.411 e. The predicted octanol–water partition coefficient (Wildman–Crippen LogP) is 3.22. The summed E-state index contributed by atoms with van der Waals surface area (Å²) in [5.74, 6) is 0.463. The van der Waals surface area contributed by atoms with Crippen LogP contribution in [-0.4, -0.2) is 20.4 Å². The molecule has 0 radical (unpaired) electrons. The van der Waals surface area contributed by atoms with Crippen LogP contribution in [0.1, 0.15) is 6.92 Å². The molecule has 2 heterocycles. The molecule has 3 aromatic rings. The molecule has 6 heteroatoms. The Balaban J connectivity index is 1.97. The van der Waals surface area contributed by atoms with Crippen molar-refractivity contribution in [1.82, 2.24) is 15.2 Å². The average Bonchev–Trinajstić information content (AvgIpc) is 3.04. The molecule has 0 spiro atoms. The quantitative estimate of drug-likeness (QED) is 0.739. The number of aromatic amines is 1. The van der Waals surface area contributed by atoms with Gasteiger partial charge in [-0.1, -0.05) is 18.2 Å². The number of rotatable bonds is 3. The smallest absolute Gasteiger partial charge is 0.278 e. The van der Waals surface area contributed by atoms with Crippen molar-refractivity contribution in [2.45, 2.75) is 17.4 Å². The summed E-state index contributed by atoms with van der Waals surface area (Å²) in [5.41, 5.74) is 1.90. The normalized spacial score (nSPS) is 12.4. The van der Waals surface area contributed by atoms with Gasteiger partial charge < -0.3 is 9.40 Å². The van der Waals surface area contributed by atoms with Crippen molar-refractivity contribution in [3.63, 3.8) is 0 Å². The molecular formula is C13H10N4OS. The zero-order valence-electron chi connectivity index (χ0n) is 10.1. The third-order valence-corrected chi connectivity index (χ3v) is 3.51. The summed E-state index contributed by atoms with van der Waals surface area (Å²) in [7, 11) is 0. The molecule has 0 bridgehead atoms. The first-order valence-corrected chi connectivity index (χ1v) is 6.62. The molecule has 0 amide bonds. The van der Waals surface area contributed by atoms with Crippen LogP contribution in [-0.2, 0) is 0 Å². The van der Waals surface area contributed by atoms with E-state index in [1.807, 2.05) is 30.5 Å². The molecular weight excluding hydrogens is 260 g/mol. The second-order valence-corrected chi connectivity index (χ2v) is 5.30. The van der Waals surface area contributed by atoms with E-state index in [1.165, 1.54) is 11.8 Å². The Morgan fingerprint density at radius 2 is 2.21 bits per heavy atom. The lowest BCUT2D eigenvalue weighted by Gasteiger charge is -1.94. The minimum absolute atomic E-state index is 0.212. The van der Waals surface area contributed by atoms with Crippen LogP contribution in [0.15, 0.2) is 40.1 Å². The zero-order chi connectivity index (χ0) is 13.2. The Morgan fingerprint density at radius 1 is 1.37 bits per heavy atom. The van der Waals surface area contributed by atoms with E-state index in [2.05, 4.69) is 21.3 Å². The predicted molar refractivity (Wildman–Crippen MR) is 72.5 cm³/mol. The van der Waals surface area contributed by atoms with Gasteiger partial charge in [0.15, 0.2) is 0 Å². The highest BCUT2D eigenvalue weighted by molar-refractivity contribution is 7.99. The fourth-order valence-corrected chi connectivity index (χ4v) is 2.36. The summed E-state index contributed by atoms with van der Waals surface area (Å²) in [4.78, 5) is 3.16. The van der Waals surface area contributed by atoms with E-state index < -0.39 is 0 Å². The number of hydrogen-bond donors (Lipinski definition) is 1. The average molecular weight is 270 g/mol. The second kappa shape index (κ2) is 4.78. The lowest BCUT2D eigenvalue weighted by molar-refractivity contribution is 0.466. The van der Waals surface area contributed by atoms with Crippen molar-refractivity contribution in [1.29, 1.82) is 5.26 Å². The second-order valence-electron chi connectivity index (χ2n) is 4.01. The lowest BCUT2D eigenvalue weighted by Crippen LogP contribution is -1.88. The fraction of sp³-hybridized carbons (Fsp3) is 0.154. The number of hydrogen-bond acceptors (Lipinski definition) is 5. The summed E-state index contributed by atoms with van der Waals surface area (Å²) in [6, 6.07) is 10.0. The third kappa shape index (κ3) is 2.20. The third-order valence-electron chi connectivity index (χ3n) is 2.69. The largest absolute Gasteiger partial charge is 0.411 e.